The number of hydrogen-bond acceptors (Lipinski definition) is 2. The number of amides is 1. The highest BCUT2D eigenvalue weighted by Crippen LogP contribution is 2.22. The van der Waals surface area contributed by atoms with Crippen LogP contribution in [0.4, 0.5) is 0 Å². The van der Waals surface area contributed by atoms with Crippen LogP contribution in [0.3, 0.4) is 0 Å². The monoisotopic (exact) mass is 211 g/mol. The van der Waals surface area contributed by atoms with Crippen LogP contribution in [0.2, 0.25) is 0 Å². The minimum Gasteiger partial charge on any atom is -0.478 e. The van der Waals surface area contributed by atoms with Gasteiger partial charge in [0.2, 0.25) is 5.91 Å². The SMILES string of the molecule is CC1CCCC(C)N1C(=O)C=CC(=O)O. The standard InChI is InChI=1S/C11H17NO3/c1-8-4-3-5-9(2)12(8)10(13)6-7-11(14)15/h6-9H,3-5H2,1-2H3,(H,14,15). The van der Waals surface area contributed by atoms with E-state index in [2.05, 4.69) is 0 Å². The van der Waals surface area contributed by atoms with Crippen molar-refractivity contribution in [3.8, 4) is 0 Å². The van der Waals surface area contributed by atoms with Gasteiger partial charge in [0.15, 0.2) is 0 Å². The van der Waals surface area contributed by atoms with E-state index in [1.54, 1.807) is 4.90 Å². The normalized spacial score (nSPS) is 26.9. The second kappa shape index (κ2) is 4.96. The molecule has 4 heteroatoms. The molecule has 0 aromatic carbocycles. The molecule has 2 unspecified atom stereocenters. The third-order valence-electron chi connectivity index (χ3n) is 2.82. The van der Waals surface area contributed by atoms with Gasteiger partial charge in [-0.2, -0.15) is 0 Å². The largest absolute Gasteiger partial charge is 0.478 e. The maximum Gasteiger partial charge on any atom is 0.328 e. The summed E-state index contributed by atoms with van der Waals surface area (Å²) < 4.78 is 0. The summed E-state index contributed by atoms with van der Waals surface area (Å²) in [4.78, 5) is 23.8. The topological polar surface area (TPSA) is 57.6 Å². The van der Waals surface area contributed by atoms with Crippen LogP contribution in [0.1, 0.15) is 33.1 Å². The lowest BCUT2D eigenvalue weighted by Gasteiger charge is -2.38. The van der Waals surface area contributed by atoms with Gasteiger partial charge in [-0.1, -0.05) is 0 Å². The number of aliphatic carboxylic acids is 1. The number of rotatable bonds is 2. The van der Waals surface area contributed by atoms with Gasteiger partial charge in [0, 0.05) is 24.2 Å². The molecule has 1 fully saturated rings. The van der Waals surface area contributed by atoms with Gasteiger partial charge < -0.3 is 10.0 Å². The van der Waals surface area contributed by atoms with Crippen LogP contribution in [0, 0.1) is 0 Å². The van der Waals surface area contributed by atoms with E-state index in [4.69, 9.17) is 5.11 Å². The summed E-state index contributed by atoms with van der Waals surface area (Å²) in [5.41, 5.74) is 0. The number of carbonyl (C=O) groups excluding carboxylic acids is 1. The highest BCUT2D eigenvalue weighted by Gasteiger charge is 2.27. The lowest BCUT2D eigenvalue weighted by Crippen LogP contribution is -2.46. The molecule has 1 amide bonds. The molecule has 1 aliphatic heterocycles. The third kappa shape index (κ3) is 3.08. The molecule has 1 heterocycles. The van der Waals surface area contributed by atoms with Gasteiger partial charge in [-0.25, -0.2) is 4.79 Å². The van der Waals surface area contributed by atoms with Crippen molar-refractivity contribution in [2.75, 3.05) is 0 Å². The molecular weight excluding hydrogens is 194 g/mol. The Kier molecular flexibility index (Phi) is 3.88. The Morgan fingerprint density at radius 3 is 2.20 bits per heavy atom. The van der Waals surface area contributed by atoms with Crippen LogP contribution in [0.5, 0.6) is 0 Å². The maximum absolute atomic E-state index is 11.7. The van der Waals surface area contributed by atoms with Gasteiger partial charge in [-0.15, -0.1) is 0 Å². The van der Waals surface area contributed by atoms with Gasteiger partial charge >= 0.3 is 5.97 Å². The second-order valence-electron chi connectivity index (χ2n) is 4.05. The first-order chi connectivity index (χ1) is 7.02. The van der Waals surface area contributed by atoms with E-state index in [1.165, 1.54) is 0 Å². The van der Waals surface area contributed by atoms with Gasteiger partial charge in [-0.3, -0.25) is 4.79 Å². The average molecular weight is 211 g/mol. The molecule has 0 aliphatic carbocycles. The number of nitrogens with zero attached hydrogens (tertiary/aromatic N) is 1. The first kappa shape index (κ1) is 11.8. The maximum atomic E-state index is 11.7. The Morgan fingerprint density at radius 2 is 1.73 bits per heavy atom. The molecule has 1 aliphatic rings. The van der Waals surface area contributed by atoms with Crippen LogP contribution < -0.4 is 0 Å². The molecule has 1 N–H and O–H groups in total. The molecule has 0 saturated carbocycles. The van der Waals surface area contributed by atoms with Crippen LogP contribution in [-0.2, 0) is 9.59 Å². The summed E-state index contributed by atoms with van der Waals surface area (Å²) in [6.45, 7) is 4.00. The number of likely N-dealkylation sites (tertiary alicyclic amines) is 1. The highest BCUT2D eigenvalue weighted by molar-refractivity contribution is 5.94. The summed E-state index contributed by atoms with van der Waals surface area (Å²) in [5, 5.41) is 8.43. The first-order valence-electron chi connectivity index (χ1n) is 5.25. The number of carbonyl (C=O) groups is 2. The zero-order chi connectivity index (χ0) is 11.4. The number of piperidine rings is 1. The Bertz CT molecular complexity index is 276. The Labute approximate surface area is 89.6 Å². The van der Waals surface area contributed by atoms with E-state index in [0.717, 1.165) is 31.4 Å². The molecule has 0 aromatic rings. The smallest absolute Gasteiger partial charge is 0.328 e. The van der Waals surface area contributed by atoms with E-state index < -0.39 is 5.97 Å². The fourth-order valence-corrected chi connectivity index (χ4v) is 2.08. The highest BCUT2D eigenvalue weighted by atomic mass is 16.4. The van der Waals surface area contributed by atoms with E-state index in [1.807, 2.05) is 13.8 Å². The minimum absolute atomic E-state index is 0.197. The lowest BCUT2D eigenvalue weighted by molar-refractivity contribution is -0.134. The molecule has 0 bridgehead atoms. The Balaban J connectivity index is 2.67. The van der Waals surface area contributed by atoms with E-state index in [9.17, 15) is 9.59 Å². The number of hydrogen-bond donors (Lipinski definition) is 1. The number of carboxylic acids is 1. The van der Waals surface area contributed by atoms with Crippen LogP contribution in [0.15, 0.2) is 12.2 Å². The Morgan fingerprint density at radius 1 is 1.20 bits per heavy atom. The summed E-state index contributed by atoms with van der Waals surface area (Å²) in [5.74, 6) is -1.28. The molecule has 1 saturated heterocycles. The fourth-order valence-electron chi connectivity index (χ4n) is 2.08. The molecule has 0 aromatic heterocycles. The van der Waals surface area contributed by atoms with Crippen molar-refractivity contribution in [1.29, 1.82) is 0 Å². The van der Waals surface area contributed by atoms with Crippen molar-refractivity contribution in [3.63, 3.8) is 0 Å². The Hall–Kier alpha value is -1.32. The van der Waals surface area contributed by atoms with E-state index >= 15 is 0 Å². The van der Waals surface area contributed by atoms with Crippen molar-refractivity contribution in [1.82, 2.24) is 4.90 Å². The molecular formula is C11H17NO3. The van der Waals surface area contributed by atoms with Gasteiger partial charge in [-0.05, 0) is 33.1 Å². The molecule has 15 heavy (non-hydrogen) atoms. The van der Waals surface area contributed by atoms with Crippen LogP contribution in [-0.4, -0.2) is 34.0 Å². The fraction of sp³-hybridized carbons (Fsp3) is 0.636. The van der Waals surface area contributed by atoms with Crippen molar-refractivity contribution in [2.45, 2.75) is 45.2 Å². The molecule has 2 atom stereocenters. The van der Waals surface area contributed by atoms with Crippen molar-refractivity contribution in [2.24, 2.45) is 0 Å². The summed E-state index contributed by atoms with van der Waals surface area (Å²) >= 11 is 0. The molecule has 84 valence electrons. The van der Waals surface area contributed by atoms with Crippen LogP contribution in [0.25, 0.3) is 0 Å². The predicted octanol–water partition coefficient (Wildman–Crippen LogP) is 1.42. The first-order valence-corrected chi connectivity index (χ1v) is 5.25. The predicted molar refractivity (Wildman–Crippen MR) is 56.4 cm³/mol. The van der Waals surface area contributed by atoms with E-state index in [-0.39, 0.29) is 18.0 Å². The zero-order valence-electron chi connectivity index (χ0n) is 9.14. The quantitative estimate of drug-likeness (QED) is 0.703. The van der Waals surface area contributed by atoms with Crippen molar-refractivity contribution in [3.05, 3.63) is 12.2 Å². The summed E-state index contributed by atoms with van der Waals surface area (Å²) in [6, 6.07) is 0.416. The lowest BCUT2D eigenvalue weighted by atomic mass is 9.97. The molecule has 1 rings (SSSR count). The summed E-state index contributed by atoms with van der Waals surface area (Å²) in [6.07, 6.45) is 5.17. The van der Waals surface area contributed by atoms with Gasteiger partial charge in [0.1, 0.15) is 0 Å². The molecule has 0 spiro atoms. The van der Waals surface area contributed by atoms with Gasteiger partial charge in [0.05, 0.1) is 0 Å². The van der Waals surface area contributed by atoms with Crippen molar-refractivity contribution < 1.29 is 14.7 Å². The average Bonchev–Trinajstić information content (AvgIpc) is 2.14. The molecule has 0 radical (unpaired) electrons. The third-order valence-corrected chi connectivity index (χ3v) is 2.82. The molecule has 4 nitrogen and oxygen atoms in total. The minimum atomic E-state index is -1.08. The van der Waals surface area contributed by atoms with Crippen LogP contribution >= 0.6 is 0 Å². The zero-order valence-corrected chi connectivity index (χ0v) is 9.14. The summed E-state index contributed by atoms with van der Waals surface area (Å²) in [7, 11) is 0. The van der Waals surface area contributed by atoms with E-state index in [0.29, 0.717) is 0 Å². The second-order valence-corrected chi connectivity index (χ2v) is 4.05. The number of carboxylic acid groups (broad SMARTS) is 1. The van der Waals surface area contributed by atoms with Crippen molar-refractivity contribution >= 4 is 11.9 Å². The van der Waals surface area contributed by atoms with Gasteiger partial charge in [0.25, 0.3) is 0 Å².